The van der Waals surface area contributed by atoms with Crippen LogP contribution in [-0.2, 0) is 9.59 Å². The van der Waals surface area contributed by atoms with Gasteiger partial charge in [-0.05, 0) is 6.92 Å². The van der Waals surface area contributed by atoms with Crippen molar-refractivity contribution in [2.24, 2.45) is 0 Å². The molecular formula is C9H15NO2. The molecule has 3 heteroatoms. The van der Waals surface area contributed by atoms with Gasteiger partial charge in [0.2, 0.25) is 5.91 Å². The van der Waals surface area contributed by atoms with Crippen LogP contribution in [0, 0.1) is 0 Å². The molecule has 1 heterocycles. The maximum atomic E-state index is 11.0. The first-order valence-corrected chi connectivity index (χ1v) is 4.19. The highest BCUT2D eigenvalue weighted by Crippen LogP contribution is 2.15. The number of nitrogens with zero attached hydrogens (tertiary/aromatic N) is 1. The van der Waals surface area contributed by atoms with Crippen LogP contribution in [0.4, 0.5) is 0 Å². The van der Waals surface area contributed by atoms with Gasteiger partial charge in [-0.25, -0.2) is 0 Å². The summed E-state index contributed by atoms with van der Waals surface area (Å²) < 4.78 is 0. The summed E-state index contributed by atoms with van der Waals surface area (Å²) >= 11 is 0. The van der Waals surface area contributed by atoms with Gasteiger partial charge in [0, 0.05) is 12.1 Å². The number of rotatable bonds is 1. The lowest BCUT2D eigenvalue weighted by Crippen LogP contribution is -2.28. The van der Waals surface area contributed by atoms with E-state index in [4.69, 9.17) is 0 Å². The minimum absolute atomic E-state index is 0.127. The summed E-state index contributed by atoms with van der Waals surface area (Å²) in [5.41, 5.74) is 0.409. The Morgan fingerprint density at radius 1 is 1.42 bits per heavy atom. The van der Waals surface area contributed by atoms with Crippen LogP contribution in [0.5, 0.6) is 0 Å². The number of imide groups is 1. The molecule has 1 aliphatic heterocycles. The highest BCUT2D eigenvalue weighted by molar-refractivity contribution is 6.12. The van der Waals surface area contributed by atoms with Crippen LogP contribution in [0.15, 0.2) is 12.2 Å². The van der Waals surface area contributed by atoms with Gasteiger partial charge in [0.1, 0.15) is 0 Å². The van der Waals surface area contributed by atoms with Gasteiger partial charge in [-0.15, -0.1) is 0 Å². The van der Waals surface area contributed by atoms with Crippen LogP contribution in [0.1, 0.15) is 27.2 Å². The summed E-state index contributed by atoms with van der Waals surface area (Å²) in [6.45, 7) is 9.70. The van der Waals surface area contributed by atoms with Crippen molar-refractivity contribution in [3.05, 3.63) is 12.2 Å². The fraction of sp³-hybridized carbons (Fsp3) is 0.556. The fourth-order valence-electron chi connectivity index (χ4n) is 0.978. The average molecular weight is 169 g/mol. The lowest BCUT2D eigenvalue weighted by molar-refractivity contribution is -0.137. The zero-order chi connectivity index (χ0) is 9.72. The summed E-state index contributed by atoms with van der Waals surface area (Å²) in [5.74, 6) is -0.343. The van der Waals surface area contributed by atoms with Crippen molar-refractivity contribution in [1.29, 1.82) is 0 Å². The molecule has 68 valence electrons. The molecule has 1 rings (SSSR count). The zero-order valence-electron chi connectivity index (χ0n) is 7.89. The van der Waals surface area contributed by atoms with E-state index in [2.05, 4.69) is 6.58 Å². The van der Waals surface area contributed by atoms with Crippen molar-refractivity contribution < 1.29 is 9.59 Å². The number of amides is 2. The molecule has 3 nitrogen and oxygen atoms in total. The topological polar surface area (TPSA) is 37.4 Å². The SMILES string of the molecule is C=C1CC(=O)N(CC)C1=O.CC. The first-order chi connectivity index (χ1) is 5.66. The maximum Gasteiger partial charge on any atom is 0.256 e. The van der Waals surface area contributed by atoms with Gasteiger partial charge in [0.25, 0.3) is 5.91 Å². The van der Waals surface area contributed by atoms with Crippen LogP contribution in [0.25, 0.3) is 0 Å². The molecule has 0 atom stereocenters. The quantitative estimate of drug-likeness (QED) is 0.439. The third kappa shape index (κ3) is 1.94. The van der Waals surface area contributed by atoms with Gasteiger partial charge in [-0.1, -0.05) is 20.4 Å². The standard InChI is InChI=1S/C7H9NO2.C2H6/c1-3-8-6(9)4-5(2)7(8)10;1-2/h2-4H2,1H3;1-2H3. The number of carbonyl (C=O) groups is 2. The average Bonchev–Trinajstić information content (AvgIpc) is 2.31. The van der Waals surface area contributed by atoms with Gasteiger partial charge in [-0.3, -0.25) is 14.5 Å². The normalized spacial score (nSPS) is 16.2. The van der Waals surface area contributed by atoms with Crippen LogP contribution < -0.4 is 0 Å². The Hall–Kier alpha value is -1.12. The number of hydrogen-bond acceptors (Lipinski definition) is 2. The number of likely N-dealkylation sites (N-methyl/N-ethyl adjacent to an activating group) is 1. The van der Waals surface area contributed by atoms with E-state index in [1.165, 1.54) is 4.90 Å². The minimum atomic E-state index is -0.215. The molecule has 1 fully saturated rings. The summed E-state index contributed by atoms with van der Waals surface area (Å²) in [4.78, 5) is 23.0. The van der Waals surface area contributed by atoms with Crippen LogP contribution in [-0.4, -0.2) is 23.3 Å². The van der Waals surface area contributed by atoms with Gasteiger partial charge in [-0.2, -0.15) is 0 Å². The number of carbonyl (C=O) groups excluding carboxylic acids is 2. The minimum Gasteiger partial charge on any atom is -0.279 e. The molecule has 0 saturated carbocycles. The highest BCUT2D eigenvalue weighted by Gasteiger charge is 2.30. The molecule has 2 amide bonds. The Morgan fingerprint density at radius 2 is 1.92 bits per heavy atom. The van der Waals surface area contributed by atoms with Gasteiger partial charge in [0.15, 0.2) is 0 Å². The van der Waals surface area contributed by atoms with E-state index in [9.17, 15) is 9.59 Å². The van der Waals surface area contributed by atoms with Gasteiger partial charge in [0.05, 0.1) is 6.42 Å². The van der Waals surface area contributed by atoms with Gasteiger partial charge >= 0.3 is 0 Å². The van der Waals surface area contributed by atoms with Crippen molar-refractivity contribution in [2.75, 3.05) is 6.54 Å². The Bertz CT molecular complexity index is 209. The molecule has 0 radical (unpaired) electrons. The Balaban J connectivity index is 0.000000561. The molecular weight excluding hydrogens is 154 g/mol. The molecule has 1 saturated heterocycles. The third-order valence-electron chi connectivity index (χ3n) is 1.53. The van der Waals surface area contributed by atoms with E-state index in [1.54, 1.807) is 6.92 Å². The molecule has 12 heavy (non-hydrogen) atoms. The maximum absolute atomic E-state index is 11.0. The van der Waals surface area contributed by atoms with Crippen molar-refractivity contribution in [3.63, 3.8) is 0 Å². The van der Waals surface area contributed by atoms with Crippen molar-refractivity contribution in [2.45, 2.75) is 27.2 Å². The van der Waals surface area contributed by atoms with Crippen LogP contribution in [0.2, 0.25) is 0 Å². The molecule has 1 aliphatic rings. The summed E-state index contributed by atoms with van der Waals surface area (Å²) in [6.07, 6.45) is 0.201. The van der Waals surface area contributed by atoms with E-state index < -0.39 is 0 Å². The smallest absolute Gasteiger partial charge is 0.256 e. The second-order valence-electron chi connectivity index (χ2n) is 2.22. The van der Waals surface area contributed by atoms with Crippen LogP contribution in [0.3, 0.4) is 0 Å². The van der Waals surface area contributed by atoms with E-state index in [0.717, 1.165) is 0 Å². The zero-order valence-corrected chi connectivity index (χ0v) is 7.89. The number of likely N-dealkylation sites (tertiary alicyclic amines) is 1. The predicted molar refractivity (Wildman–Crippen MR) is 47.5 cm³/mol. The van der Waals surface area contributed by atoms with E-state index in [0.29, 0.717) is 12.1 Å². The third-order valence-corrected chi connectivity index (χ3v) is 1.53. The lowest BCUT2D eigenvalue weighted by Gasteiger charge is -2.07. The Labute approximate surface area is 73.1 Å². The van der Waals surface area contributed by atoms with Gasteiger partial charge < -0.3 is 0 Å². The first kappa shape index (κ1) is 10.9. The predicted octanol–water partition coefficient (Wildman–Crippen LogP) is 1.35. The van der Waals surface area contributed by atoms with Crippen molar-refractivity contribution >= 4 is 11.8 Å². The van der Waals surface area contributed by atoms with Crippen LogP contribution >= 0.6 is 0 Å². The number of hydrogen-bond donors (Lipinski definition) is 0. The summed E-state index contributed by atoms with van der Waals surface area (Å²) in [7, 11) is 0. The van der Waals surface area contributed by atoms with E-state index in [-0.39, 0.29) is 18.2 Å². The Morgan fingerprint density at radius 3 is 2.08 bits per heavy atom. The summed E-state index contributed by atoms with van der Waals surface area (Å²) in [5, 5.41) is 0. The molecule has 0 N–H and O–H groups in total. The van der Waals surface area contributed by atoms with E-state index >= 15 is 0 Å². The van der Waals surface area contributed by atoms with Crippen molar-refractivity contribution in [1.82, 2.24) is 4.90 Å². The molecule has 0 aromatic heterocycles. The Kier molecular flexibility index (Phi) is 4.26. The molecule has 0 bridgehead atoms. The second-order valence-corrected chi connectivity index (χ2v) is 2.22. The molecule has 0 aromatic rings. The first-order valence-electron chi connectivity index (χ1n) is 4.19. The summed E-state index contributed by atoms with van der Waals surface area (Å²) in [6, 6.07) is 0. The monoisotopic (exact) mass is 169 g/mol. The lowest BCUT2D eigenvalue weighted by atomic mass is 10.3. The van der Waals surface area contributed by atoms with E-state index in [1.807, 2.05) is 13.8 Å². The molecule has 0 unspecified atom stereocenters. The molecule has 0 spiro atoms. The van der Waals surface area contributed by atoms with Crippen molar-refractivity contribution in [3.8, 4) is 0 Å². The second kappa shape index (κ2) is 4.70. The fourth-order valence-corrected chi connectivity index (χ4v) is 0.978. The molecule has 0 aromatic carbocycles. The highest BCUT2D eigenvalue weighted by atomic mass is 16.2. The molecule has 0 aliphatic carbocycles. The largest absolute Gasteiger partial charge is 0.279 e.